The van der Waals surface area contributed by atoms with Gasteiger partial charge in [-0.3, -0.25) is 9.98 Å². The molecule has 1 unspecified atom stereocenters. The van der Waals surface area contributed by atoms with Crippen LogP contribution in [0.5, 0.6) is 0 Å². The molecule has 0 radical (unpaired) electrons. The second-order valence-electron chi connectivity index (χ2n) is 5.43. The zero-order valence-electron chi connectivity index (χ0n) is 13.5. The van der Waals surface area contributed by atoms with Gasteiger partial charge in [0.15, 0.2) is 11.3 Å². The summed E-state index contributed by atoms with van der Waals surface area (Å²) < 4.78 is 5.56. The van der Waals surface area contributed by atoms with Gasteiger partial charge in [0.1, 0.15) is 0 Å². The van der Waals surface area contributed by atoms with E-state index >= 15 is 0 Å². The monoisotopic (exact) mass is 314 g/mol. The van der Waals surface area contributed by atoms with Crippen LogP contribution in [-0.2, 0) is 9.53 Å². The summed E-state index contributed by atoms with van der Waals surface area (Å²) in [6, 6.07) is 12.0. The fourth-order valence-corrected chi connectivity index (χ4v) is 1.88. The molecule has 122 valence electrons. The lowest BCUT2D eigenvalue weighted by atomic mass is 10.00. The summed E-state index contributed by atoms with van der Waals surface area (Å²) in [6.07, 6.45) is 5.47. The zero-order chi connectivity index (χ0) is 17.3. The molecule has 1 aliphatic carbocycles. The Morgan fingerprint density at radius 1 is 1.22 bits per heavy atom. The third-order valence-corrected chi connectivity index (χ3v) is 3.16. The largest absolute Gasteiger partial charge is 0.479 e. The number of carboxylic acids is 1. The molecule has 0 fully saturated rings. The number of nitrogens with zero attached hydrogens (tertiary/aromatic N) is 2. The first-order valence-corrected chi connectivity index (χ1v) is 7.12. The third kappa shape index (κ3) is 5.64. The molecule has 0 saturated heterocycles. The van der Waals surface area contributed by atoms with Crippen molar-refractivity contribution in [2.24, 2.45) is 9.98 Å². The highest BCUT2D eigenvalue weighted by molar-refractivity contribution is 5.76. The van der Waals surface area contributed by atoms with Crippen molar-refractivity contribution >= 4 is 19.4 Å². The van der Waals surface area contributed by atoms with Crippen LogP contribution in [0.25, 0.3) is 0 Å². The van der Waals surface area contributed by atoms with Crippen LogP contribution in [0, 0.1) is 0 Å². The van der Waals surface area contributed by atoms with Gasteiger partial charge in [0.25, 0.3) is 0 Å². The van der Waals surface area contributed by atoms with E-state index in [-0.39, 0.29) is 0 Å². The van der Waals surface area contributed by atoms with Gasteiger partial charge in [0, 0.05) is 12.1 Å². The highest BCUT2D eigenvalue weighted by atomic mass is 16.6. The third-order valence-electron chi connectivity index (χ3n) is 3.16. The standard InChI is InChI=1S/C12H16N2O3.C6H6/c1-11(2,10(15)16)17-12(14-4)7-5-6-9(8-12)13-3;1-2-4-6-5-3-1/h5-7H,3-4,8H2,1-2H3,(H,15,16);1-6H. The summed E-state index contributed by atoms with van der Waals surface area (Å²) in [5.74, 6) is -1.06. The van der Waals surface area contributed by atoms with Gasteiger partial charge < -0.3 is 9.84 Å². The average Bonchev–Trinajstić information content (AvgIpc) is 2.56. The van der Waals surface area contributed by atoms with Gasteiger partial charge in [-0.2, -0.15) is 0 Å². The molecule has 1 aromatic rings. The molecule has 0 bridgehead atoms. The molecule has 0 spiro atoms. The summed E-state index contributed by atoms with van der Waals surface area (Å²) in [5, 5.41) is 9.04. The summed E-state index contributed by atoms with van der Waals surface area (Å²) in [7, 11) is 0. The van der Waals surface area contributed by atoms with Gasteiger partial charge in [-0.1, -0.05) is 42.5 Å². The number of ether oxygens (including phenoxy) is 1. The Bertz CT molecular complexity index is 579. The van der Waals surface area contributed by atoms with Crippen LogP contribution in [0.4, 0.5) is 0 Å². The zero-order valence-corrected chi connectivity index (χ0v) is 13.5. The van der Waals surface area contributed by atoms with Crippen LogP contribution in [-0.4, -0.2) is 35.8 Å². The minimum Gasteiger partial charge on any atom is -0.479 e. The van der Waals surface area contributed by atoms with E-state index in [2.05, 4.69) is 23.4 Å². The van der Waals surface area contributed by atoms with Crippen molar-refractivity contribution in [2.75, 3.05) is 0 Å². The summed E-state index contributed by atoms with van der Waals surface area (Å²) in [6.45, 7) is 9.83. The molecular formula is C18H22N2O3. The lowest BCUT2D eigenvalue weighted by Crippen LogP contribution is -2.44. The average molecular weight is 314 g/mol. The number of aliphatic imine (C=N–C) groups is 2. The minimum atomic E-state index is -1.35. The number of aliphatic carboxylic acids is 1. The van der Waals surface area contributed by atoms with E-state index in [9.17, 15) is 4.79 Å². The quantitative estimate of drug-likeness (QED) is 0.846. The Balaban J connectivity index is 0.000000366. The molecule has 0 saturated carbocycles. The Morgan fingerprint density at radius 2 is 1.74 bits per heavy atom. The Morgan fingerprint density at radius 3 is 2.13 bits per heavy atom. The van der Waals surface area contributed by atoms with Crippen molar-refractivity contribution in [2.45, 2.75) is 31.6 Å². The molecule has 0 aromatic heterocycles. The van der Waals surface area contributed by atoms with Crippen molar-refractivity contribution in [1.82, 2.24) is 0 Å². The number of allylic oxidation sites excluding steroid dienone is 2. The second kappa shape index (κ2) is 8.19. The van der Waals surface area contributed by atoms with Crippen molar-refractivity contribution < 1.29 is 14.6 Å². The number of hydrogen-bond donors (Lipinski definition) is 1. The Labute approximate surface area is 136 Å². The van der Waals surface area contributed by atoms with Gasteiger partial charge in [-0.25, -0.2) is 4.79 Å². The van der Waals surface area contributed by atoms with Gasteiger partial charge in [-0.15, -0.1) is 0 Å². The van der Waals surface area contributed by atoms with Crippen LogP contribution in [0.15, 0.2) is 70.3 Å². The fourth-order valence-electron chi connectivity index (χ4n) is 1.88. The molecule has 5 heteroatoms. The SMILES string of the molecule is C=NC1=CC=CC(N=C)(OC(C)(C)C(=O)O)C1.c1ccccc1. The van der Waals surface area contributed by atoms with Crippen LogP contribution < -0.4 is 0 Å². The molecule has 1 aromatic carbocycles. The molecule has 5 nitrogen and oxygen atoms in total. The molecule has 2 rings (SSSR count). The van der Waals surface area contributed by atoms with Crippen LogP contribution in [0.3, 0.4) is 0 Å². The maximum absolute atomic E-state index is 11.0. The summed E-state index contributed by atoms with van der Waals surface area (Å²) in [5.41, 5.74) is -1.76. The van der Waals surface area contributed by atoms with Crippen LogP contribution in [0.1, 0.15) is 20.3 Å². The van der Waals surface area contributed by atoms with E-state index in [1.165, 1.54) is 13.8 Å². The van der Waals surface area contributed by atoms with Crippen molar-refractivity contribution in [3.05, 3.63) is 60.3 Å². The van der Waals surface area contributed by atoms with Crippen molar-refractivity contribution in [3.8, 4) is 0 Å². The molecule has 1 N–H and O–H groups in total. The predicted octanol–water partition coefficient (Wildman–Crippen LogP) is 3.49. The van der Waals surface area contributed by atoms with E-state index in [0.717, 1.165) is 0 Å². The van der Waals surface area contributed by atoms with E-state index in [0.29, 0.717) is 12.1 Å². The summed E-state index contributed by atoms with van der Waals surface area (Å²) >= 11 is 0. The minimum absolute atomic E-state index is 0.327. The van der Waals surface area contributed by atoms with Gasteiger partial charge in [0.2, 0.25) is 0 Å². The topological polar surface area (TPSA) is 71.2 Å². The first kappa shape index (κ1) is 18.5. The fraction of sp³-hybridized carbons (Fsp3) is 0.278. The van der Waals surface area contributed by atoms with E-state index in [1.54, 1.807) is 18.2 Å². The highest BCUT2D eigenvalue weighted by Crippen LogP contribution is 2.32. The number of hydrogen-bond acceptors (Lipinski definition) is 4. The van der Waals surface area contributed by atoms with Gasteiger partial charge in [-0.05, 0) is 39.4 Å². The van der Waals surface area contributed by atoms with E-state index in [4.69, 9.17) is 9.84 Å². The molecule has 0 amide bonds. The second-order valence-corrected chi connectivity index (χ2v) is 5.43. The van der Waals surface area contributed by atoms with E-state index < -0.39 is 17.3 Å². The van der Waals surface area contributed by atoms with Gasteiger partial charge in [0.05, 0.1) is 0 Å². The maximum Gasteiger partial charge on any atom is 0.335 e. The number of benzene rings is 1. The lowest BCUT2D eigenvalue weighted by Gasteiger charge is -2.34. The van der Waals surface area contributed by atoms with Crippen LogP contribution >= 0.6 is 0 Å². The maximum atomic E-state index is 11.0. The number of rotatable bonds is 5. The summed E-state index contributed by atoms with van der Waals surface area (Å²) in [4.78, 5) is 18.7. The molecule has 23 heavy (non-hydrogen) atoms. The smallest absolute Gasteiger partial charge is 0.335 e. The van der Waals surface area contributed by atoms with E-state index in [1.807, 2.05) is 36.4 Å². The Hall–Kier alpha value is -2.53. The number of carboxylic acid groups (broad SMARTS) is 1. The normalized spacial score (nSPS) is 19.8. The van der Waals surface area contributed by atoms with Crippen LogP contribution in [0.2, 0.25) is 0 Å². The predicted molar refractivity (Wildman–Crippen MR) is 92.9 cm³/mol. The highest BCUT2D eigenvalue weighted by Gasteiger charge is 2.40. The molecule has 0 aliphatic heterocycles. The molecule has 1 atom stereocenters. The number of carbonyl (C=O) groups is 1. The first-order valence-electron chi connectivity index (χ1n) is 7.12. The lowest BCUT2D eigenvalue weighted by molar-refractivity contribution is -0.176. The molecular weight excluding hydrogens is 292 g/mol. The molecule has 1 aliphatic rings. The van der Waals surface area contributed by atoms with Gasteiger partial charge >= 0.3 is 5.97 Å². The van der Waals surface area contributed by atoms with Crippen molar-refractivity contribution in [3.63, 3.8) is 0 Å². The van der Waals surface area contributed by atoms with Crippen molar-refractivity contribution in [1.29, 1.82) is 0 Å². The molecule has 0 heterocycles. The first-order chi connectivity index (χ1) is 10.9. The Kier molecular flexibility index (Phi) is 6.60.